The van der Waals surface area contributed by atoms with Gasteiger partial charge in [-0.05, 0) is 63.4 Å². The molecule has 3 fully saturated rings. The number of rotatable bonds is 2. The van der Waals surface area contributed by atoms with Crippen molar-refractivity contribution >= 4 is 5.78 Å². The molecule has 0 amide bonds. The lowest BCUT2D eigenvalue weighted by atomic mass is 9.60. The van der Waals surface area contributed by atoms with Crippen molar-refractivity contribution in [2.24, 2.45) is 11.3 Å². The summed E-state index contributed by atoms with van der Waals surface area (Å²) < 4.78 is 0. The molecule has 0 saturated heterocycles. The highest BCUT2D eigenvalue weighted by Gasteiger charge is 2.61. The lowest BCUT2D eigenvalue weighted by molar-refractivity contribution is -0.152. The third-order valence-electron chi connectivity index (χ3n) is 6.86. The van der Waals surface area contributed by atoms with Gasteiger partial charge < -0.3 is 15.3 Å². The average molecular weight is 346 g/mol. The molecule has 3 aliphatic rings. The quantitative estimate of drug-likeness (QED) is 0.718. The van der Waals surface area contributed by atoms with Crippen molar-refractivity contribution in [3.63, 3.8) is 0 Å². The van der Waals surface area contributed by atoms with Gasteiger partial charge in [-0.1, -0.05) is 36.8 Å². The van der Waals surface area contributed by atoms with E-state index in [0.29, 0.717) is 25.7 Å². The van der Waals surface area contributed by atoms with Gasteiger partial charge in [0.1, 0.15) is 5.60 Å². The summed E-state index contributed by atoms with van der Waals surface area (Å²) in [5, 5.41) is 31.3. The van der Waals surface area contributed by atoms with Gasteiger partial charge in [0, 0.05) is 5.41 Å². The first-order valence-electron chi connectivity index (χ1n) is 9.34. The Morgan fingerprint density at radius 1 is 1.20 bits per heavy atom. The maximum absolute atomic E-state index is 12.1. The van der Waals surface area contributed by atoms with Crippen LogP contribution in [0.1, 0.15) is 58.8 Å². The second kappa shape index (κ2) is 6.49. The summed E-state index contributed by atoms with van der Waals surface area (Å²) in [7, 11) is 0. The van der Waals surface area contributed by atoms with Crippen molar-refractivity contribution in [1.29, 1.82) is 0 Å². The van der Waals surface area contributed by atoms with Crippen LogP contribution >= 0.6 is 0 Å². The maximum atomic E-state index is 12.1. The van der Waals surface area contributed by atoms with Crippen LogP contribution in [0.5, 0.6) is 0 Å². The van der Waals surface area contributed by atoms with Crippen molar-refractivity contribution in [2.45, 2.75) is 76.6 Å². The van der Waals surface area contributed by atoms with Crippen LogP contribution in [0.25, 0.3) is 0 Å². The van der Waals surface area contributed by atoms with Gasteiger partial charge in [0.05, 0.1) is 12.2 Å². The fraction of sp³-hybridized carbons (Fsp3) is 0.667. The topological polar surface area (TPSA) is 77.8 Å². The molecule has 25 heavy (non-hydrogen) atoms. The van der Waals surface area contributed by atoms with Crippen LogP contribution in [0.15, 0.2) is 35.5 Å². The lowest BCUT2D eigenvalue weighted by Crippen LogP contribution is -2.53. The zero-order valence-electron chi connectivity index (χ0n) is 15.3. The molecule has 4 heteroatoms. The minimum Gasteiger partial charge on any atom is -0.393 e. The Hall–Kier alpha value is -1.23. The van der Waals surface area contributed by atoms with Crippen LogP contribution in [-0.2, 0) is 4.79 Å². The molecule has 0 heterocycles. The Balaban J connectivity index is 1.92. The Morgan fingerprint density at radius 3 is 2.60 bits per heavy atom. The minimum atomic E-state index is -1.35. The number of hydrogen-bond donors (Lipinski definition) is 3. The number of carbonyl (C=O) groups is 1. The molecule has 0 aliphatic heterocycles. The number of ketones is 1. The summed E-state index contributed by atoms with van der Waals surface area (Å²) in [4.78, 5) is 12.1. The first-order chi connectivity index (χ1) is 11.7. The normalized spacial score (nSPS) is 45.0. The first kappa shape index (κ1) is 18.6. The fourth-order valence-electron chi connectivity index (χ4n) is 5.28. The average Bonchev–Trinajstić information content (AvgIpc) is 2.80. The van der Waals surface area contributed by atoms with E-state index in [-0.39, 0.29) is 17.8 Å². The molecule has 4 nitrogen and oxygen atoms in total. The SMILES string of the molecule is C=C1CC[C@H](O)C/C1=C/C=C1\C[C@@H](O)C[C@@]2(C)[C@H]1CC[C@]2(O)C(C)=O. The molecule has 0 aromatic carbocycles. The number of allylic oxidation sites excluding steroid dienone is 3. The number of fused-ring (bicyclic) bond motifs is 1. The van der Waals surface area contributed by atoms with E-state index < -0.39 is 17.1 Å². The molecule has 3 saturated carbocycles. The molecule has 3 N–H and O–H groups in total. The van der Waals surface area contributed by atoms with Crippen molar-refractivity contribution in [3.05, 3.63) is 35.5 Å². The van der Waals surface area contributed by atoms with Gasteiger partial charge in [-0.15, -0.1) is 0 Å². The van der Waals surface area contributed by atoms with Crippen LogP contribution in [-0.4, -0.2) is 38.9 Å². The lowest BCUT2D eigenvalue weighted by Gasteiger charge is -2.47. The summed E-state index contributed by atoms with van der Waals surface area (Å²) in [6.07, 6.45) is 7.63. The largest absolute Gasteiger partial charge is 0.393 e. The molecule has 0 aromatic heterocycles. The fourth-order valence-corrected chi connectivity index (χ4v) is 5.28. The molecule has 3 aliphatic carbocycles. The molecule has 0 aromatic rings. The summed E-state index contributed by atoms with van der Waals surface area (Å²) in [5.41, 5.74) is 1.25. The van der Waals surface area contributed by atoms with Gasteiger partial charge in [0.15, 0.2) is 5.78 Å². The summed E-state index contributed by atoms with van der Waals surface area (Å²) in [6.45, 7) is 7.49. The molecule has 0 radical (unpaired) electrons. The van der Waals surface area contributed by atoms with Crippen LogP contribution in [0.4, 0.5) is 0 Å². The molecule has 3 rings (SSSR count). The third-order valence-corrected chi connectivity index (χ3v) is 6.86. The van der Waals surface area contributed by atoms with E-state index in [0.717, 1.165) is 36.0 Å². The molecule has 5 atom stereocenters. The second-order valence-electron chi connectivity index (χ2n) is 8.42. The Labute approximate surface area is 149 Å². The molecular formula is C21H30O4. The number of carbonyl (C=O) groups excluding carboxylic acids is 1. The smallest absolute Gasteiger partial charge is 0.161 e. The highest BCUT2D eigenvalue weighted by molar-refractivity contribution is 5.86. The molecule has 138 valence electrons. The van der Waals surface area contributed by atoms with E-state index in [1.165, 1.54) is 6.92 Å². The van der Waals surface area contributed by atoms with E-state index >= 15 is 0 Å². The van der Waals surface area contributed by atoms with E-state index in [4.69, 9.17) is 0 Å². The van der Waals surface area contributed by atoms with Crippen molar-refractivity contribution in [3.8, 4) is 0 Å². The van der Waals surface area contributed by atoms with E-state index in [1.807, 2.05) is 19.1 Å². The van der Waals surface area contributed by atoms with Crippen LogP contribution in [0, 0.1) is 11.3 Å². The van der Waals surface area contributed by atoms with Gasteiger partial charge in [0.2, 0.25) is 0 Å². The molecule has 0 bridgehead atoms. The van der Waals surface area contributed by atoms with Gasteiger partial charge in [-0.25, -0.2) is 0 Å². The van der Waals surface area contributed by atoms with Gasteiger partial charge in [-0.3, -0.25) is 4.79 Å². The Kier molecular flexibility index (Phi) is 4.82. The zero-order chi connectivity index (χ0) is 18.4. The second-order valence-corrected chi connectivity index (χ2v) is 8.42. The van der Waals surface area contributed by atoms with Crippen molar-refractivity contribution in [2.75, 3.05) is 0 Å². The number of aliphatic hydroxyl groups excluding tert-OH is 2. The van der Waals surface area contributed by atoms with Gasteiger partial charge in [-0.2, -0.15) is 0 Å². The van der Waals surface area contributed by atoms with E-state index in [2.05, 4.69) is 6.58 Å². The zero-order valence-corrected chi connectivity index (χ0v) is 15.3. The Morgan fingerprint density at radius 2 is 1.92 bits per heavy atom. The minimum absolute atomic E-state index is 0.100. The predicted molar refractivity (Wildman–Crippen MR) is 96.9 cm³/mol. The van der Waals surface area contributed by atoms with Crippen LogP contribution < -0.4 is 0 Å². The van der Waals surface area contributed by atoms with E-state index in [1.54, 1.807) is 0 Å². The summed E-state index contributed by atoms with van der Waals surface area (Å²) in [6, 6.07) is 0. The summed E-state index contributed by atoms with van der Waals surface area (Å²) >= 11 is 0. The maximum Gasteiger partial charge on any atom is 0.161 e. The predicted octanol–water partition coefficient (Wildman–Crippen LogP) is 2.83. The monoisotopic (exact) mass is 346 g/mol. The number of hydrogen-bond acceptors (Lipinski definition) is 4. The highest BCUT2D eigenvalue weighted by atomic mass is 16.3. The van der Waals surface area contributed by atoms with Crippen LogP contribution in [0.3, 0.4) is 0 Å². The summed E-state index contributed by atoms with van der Waals surface area (Å²) in [5.74, 6) is -0.100. The number of aliphatic hydroxyl groups is 3. The highest BCUT2D eigenvalue weighted by Crippen LogP contribution is 2.59. The van der Waals surface area contributed by atoms with Crippen molar-refractivity contribution in [1.82, 2.24) is 0 Å². The van der Waals surface area contributed by atoms with E-state index in [9.17, 15) is 20.1 Å². The first-order valence-corrected chi connectivity index (χ1v) is 9.34. The van der Waals surface area contributed by atoms with Gasteiger partial charge >= 0.3 is 0 Å². The molecule has 0 spiro atoms. The van der Waals surface area contributed by atoms with Crippen molar-refractivity contribution < 1.29 is 20.1 Å². The molecule has 0 unspecified atom stereocenters. The number of Topliss-reactive ketones (excluding diaryl/α,β-unsaturated/α-hetero) is 1. The standard InChI is InChI=1S/C21H30O4/c1-13-4-7-17(23)10-15(13)5-6-16-11-18(24)12-20(3)19(16)8-9-21(20,25)14(2)22/h5-6,17-19,23-25H,1,4,7-12H2,2-3H3/b15-5-,16-6+/t17-,18+,19-,20-,21-/m0/s1. The van der Waals surface area contributed by atoms with Crippen LogP contribution in [0.2, 0.25) is 0 Å². The third kappa shape index (κ3) is 3.05. The Bertz CT molecular complexity index is 646. The van der Waals surface area contributed by atoms with Gasteiger partial charge in [0.25, 0.3) is 0 Å². The molecular weight excluding hydrogens is 316 g/mol.